The van der Waals surface area contributed by atoms with E-state index >= 15 is 0 Å². The van der Waals surface area contributed by atoms with Crippen LogP contribution >= 0.6 is 11.5 Å². The molecule has 0 amide bonds. The molecule has 0 radical (unpaired) electrons. The highest BCUT2D eigenvalue weighted by Gasteiger charge is 2.10. The lowest BCUT2D eigenvalue weighted by atomic mass is 10.2. The van der Waals surface area contributed by atoms with E-state index in [4.69, 9.17) is 5.73 Å². The van der Waals surface area contributed by atoms with Crippen molar-refractivity contribution in [3.05, 3.63) is 24.3 Å². The molecule has 4 heteroatoms. The standard InChI is InChI=1S/C11H15N3S/c1-2-14(8-7-12)11-9-5-3-4-6-10(9)15-13-11/h3-6H,2,7-8,12H2,1H3. The second-order valence-corrected chi connectivity index (χ2v) is 4.18. The van der Waals surface area contributed by atoms with Crippen molar-refractivity contribution in [1.82, 2.24) is 4.37 Å². The monoisotopic (exact) mass is 221 g/mol. The van der Waals surface area contributed by atoms with Gasteiger partial charge in [-0.25, -0.2) is 0 Å². The van der Waals surface area contributed by atoms with E-state index in [-0.39, 0.29) is 0 Å². The Labute approximate surface area is 93.7 Å². The van der Waals surface area contributed by atoms with Crippen molar-refractivity contribution in [2.24, 2.45) is 5.73 Å². The van der Waals surface area contributed by atoms with Crippen LogP contribution in [-0.4, -0.2) is 24.0 Å². The molecule has 15 heavy (non-hydrogen) atoms. The molecule has 0 aliphatic heterocycles. The minimum atomic E-state index is 0.666. The molecule has 2 rings (SSSR count). The Hall–Kier alpha value is -1.13. The predicted molar refractivity (Wildman–Crippen MR) is 66.6 cm³/mol. The molecular formula is C11H15N3S. The van der Waals surface area contributed by atoms with Gasteiger partial charge in [-0.1, -0.05) is 12.1 Å². The van der Waals surface area contributed by atoms with Crippen molar-refractivity contribution >= 4 is 27.4 Å². The van der Waals surface area contributed by atoms with Gasteiger partial charge in [0.1, 0.15) is 5.82 Å². The highest BCUT2D eigenvalue weighted by atomic mass is 32.1. The third-order valence-corrected chi connectivity index (χ3v) is 3.26. The quantitative estimate of drug-likeness (QED) is 0.859. The van der Waals surface area contributed by atoms with Gasteiger partial charge in [0.05, 0.1) is 4.70 Å². The van der Waals surface area contributed by atoms with Crippen molar-refractivity contribution in [1.29, 1.82) is 0 Å². The highest BCUT2D eigenvalue weighted by molar-refractivity contribution is 7.13. The third kappa shape index (κ3) is 1.96. The van der Waals surface area contributed by atoms with Gasteiger partial charge in [0.15, 0.2) is 0 Å². The Morgan fingerprint density at radius 3 is 2.93 bits per heavy atom. The number of nitrogens with zero attached hydrogens (tertiary/aromatic N) is 2. The van der Waals surface area contributed by atoms with Gasteiger partial charge in [0, 0.05) is 25.0 Å². The van der Waals surface area contributed by atoms with Crippen LogP contribution < -0.4 is 10.6 Å². The summed E-state index contributed by atoms with van der Waals surface area (Å²) in [7, 11) is 0. The van der Waals surface area contributed by atoms with Crippen LogP contribution in [0.3, 0.4) is 0 Å². The summed E-state index contributed by atoms with van der Waals surface area (Å²) in [5.41, 5.74) is 5.59. The number of anilines is 1. The van der Waals surface area contributed by atoms with Crippen LogP contribution in [0.4, 0.5) is 5.82 Å². The first-order valence-electron chi connectivity index (χ1n) is 5.16. The molecule has 0 aliphatic rings. The average Bonchev–Trinajstić information content (AvgIpc) is 2.70. The number of benzene rings is 1. The topological polar surface area (TPSA) is 42.1 Å². The number of rotatable bonds is 4. The van der Waals surface area contributed by atoms with E-state index in [0.29, 0.717) is 6.54 Å². The van der Waals surface area contributed by atoms with Crippen molar-refractivity contribution in [3.8, 4) is 0 Å². The van der Waals surface area contributed by atoms with E-state index in [2.05, 4.69) is 34.4 Å². The minimum absolute atomic E-state index is 0.666. The Morgan fingerprint density at radius 2 is 2.20 bits per heavy atom. The van der Waals surface area contributed by atoms with Crippen molar-refractivity contribution in [2.45, 2.75) is 6.92 Å². The molecule has 1 aromatic carbocycles. The van der Waals surface area contributed by atoms with Crippen LogP contribution in [-0.2, 0) is 0 Å². The summed E-state index contributed by atoms with van der Waals surface area (Å²) in [5.74, 6) is 1.07. The second-order valence-electron chi connectivity index (χ2n) is 3.37. The lowest BCUT2D eigenvalue weighted by molar-refractivity contribution is 0.811. The fourth-order valence-electron chi connectivity index (χ4n) is 1.67. The molecule has 0 saturated carbocycles. The lowest BCUT2D eigenvalue weighted by Crippen LogP contribution is -2.29. The average molecular weight is 221 g/mol. The number of fused-ring (bicyclic) bond motifs is 1. The Bertz CT molecular complexity index is 438. The first kappa shape index (κ1) is 10.4. The van der Waals surface area contributed by atoms with Crippen LogP contribution in [0.5, 0.6) is 0 Å². The molecule has 0 unspecified atom stereocenters. The van der Waals surface area contributed by atoms with E-state index in [1.807, 2.05) is 6.07 Å². The maximum atomic E-state index is 5.59. The Balaban J connectivity index is 2.41. The summed E-state index contributed by atoms with van der Waals surface area (Å²) in [4.78, 5) is 2.22. The van der Waals surface area contributed by atoms with Crippen molar-refractivity contribution in [3.63, 3.8) is 0 Å². The van der Waals surface area contributed by atoms with Crippen LogP contribution in [0.15, 0.2) is 24.3 Å². The Kier molecular flexibility index (Phi) is 3.18. The number of nitrogens with two attached hydrogens (primary N) is 1. The van der Waals surface area contributed by atoms with E-state index < -0.39 is 0 Å². The summed E-state index contributed by atoms with van der Waals surface area (Å²) in [6.45, 7) is 4.61. The molecule has 0 fully saturated rings. The van der Waals surface area contributed by atoms with Gasteiger partial charge in [0.25, 0.3) is 0 Å². The molecule has 1 aromatic heterocycles. The smallest absolute Gasteiger partial charge is 0.150 e. The summed E-state index contributed by atoms with van der Waals surface area (Å²) in [5, 5.41) is 1.23. The van der Waals surface area contributed by atoms with Crippen LogP contribution in [0.2, 0.25) is 0 Å². The zero-order chi connectivity index (χ0) is 10.7. The number of aromatic nitrogens is 1. The number of hydrogen-bond acceptors (Lipinski definition) is 4. The summed E-state index contributed by atoms with van der Waals surface area (Å²) >= 11 is 1.55. The van der Waals surface area contributed by atoms with Gasteiger partial charge in [-0.2, -0.15) is 4.37 Å². The van der Waals surface area contributed by atoms with E-state index in [1.54, 1.807) is 11.5 Å². The predicted octanol–water partition coefficient (Wildman–Crippen LogP) is 2.08. The molecule has 2 N–H and O–H groups in total. The fraction of sp³-hybridized carbons (Fsp3) is 0.364. The number of likely N-dealkylation sites (N-methyl/N-ethyl adjacent to an activating group) is 1. The first-order chi connectivity index (χ1) is 7.36. The van der Waals surface area contributed by atoms with E-state index in [9.17, 15) is 0 Å². The van der Waals surface area contributed by atoms with Crippen LogP contribution in [0.25, 0.3) is 10.1 Å². The molecule has 0 bridgehead atoms. The van der Waals surface area contributed by atoms with Gasteiger partial charge >= 0.3 is 0 Å². The van der Waals surface area contributed by atoms with Crippen molar-refractivity contribution < 1.29 is 0 Å². The SMILES string of the molecule is CCN(CCN)c1nsc2ccccc12. The normalized spacial score (nSPS) is 10.8. The first-order valence-corrected chi connectivity index (χ1v) is 5.93. The van der Waals surface area contributed by atoms with Gasteiger partial charge < -0.3 is 10.6 Å². The highest BCUT2D eigenvalue weighted by Crippen LogP contribution is 2.28. The van der Waals surface area contributed by atoms with Crippen LogP contribution in [0, 0.1) is 0 Å². The molecule has 0 spiro atoms. The maximum absolute atomic E-state index is 5.59. The lowest BCUT2D eigenvalue weighted by Gasteiger charge is -2.19. The van der Waals surface area contributed by atoms with Gasteiger partial charge in [-0.15, -0.1) is 0 Å². The zero-order valence-electron chi connectivity index (χ0n) is 8.81. The summed E-state index contributed by atoms with van der Waals surface area (Å²) in [6, 6.07) is 8.32. The van der Waals surface area contributed by atoms with Crippen LogP contribution in [0.1, 0.15) is 6.92 Å². The Morgan fingerprint density at radius 1 is 1.40 bits per heavy atom. The molecule has 0 saturated heterocycles. The molecule has 0 atom stereocenters. The second kappa shape index (κ2) is 4.59. The van der Waals surface area contributed by atoms with Gasteiger partial charge in [-0.05, 0) is 30.6 Å². The molecule has 3 nitrogen and oxygen atoms in total. The third-order valence-electron chi connectivity index (χ3n) is 2.44. The molecule has 1 heterocycles. The molecule has 0 aliphatic carbocycles. The fourth-order valence-corrected chi connectivity index (χ4v) is 2.47. The van der Waals surface area contributed by atoms with Crippen molar-refractivity contribution in [2.75, 3.05) is 24.5 Å². The molecule has 80 valence electrons. The molecule has 2 aromatic rings. The molecular weight excluding hydrogens is 206 g/mol. The van der Waals surface area contributed by atoms with Gasteiger partial charge in [0.2, 0.25) is 0 Å². The largest absolute Gasteiger partial charge is 0.354 e. The van der Waals surface area contributed by atoms with E-state index in [1.165, 1.54) is 10.1 Å². The van der Waals surface area contributed by atoms with Gasteiger partial charge in [-0.3, -0.25) is 0 Å². The number of hydrogen-bond donors (Lipinski definition) is 1. The zero-order valence-corrected chi connectivity index (χ0v) is 9.63. The summed E-state index contributed by atoms with van der Waals surface area (Å²) in [6.07, 6.45) is 0. The summed E-state index contributed by atoms with van der Waals surface area (Å²) < 4.78 is 5.74. The maximum Gasteiger partial charge on any atom is 0.150 e. The van der Waals surface area contributed by atoms with E-state index in [0.717, 1.165) is 18.9 Å². The minimum Gasteiger partial charge on any atom is -0.354 e.